The maximum absolute atomic E-state index is 12.1. The van der Waals surface area contributed by atoms with Crippen LogP contribution in [0, 0.1) is 27.9 Å². The molecule has 23 heavy (non-hydrogen) atoms. The van der Waals surface area contributed by atoms with Crippen LogP contribution >= 0.6 is 11.8 Å². The van der Waals surface area contributed by atoms with Gasteiger partial charge in [-0.2, -0.15) is 0 Å². The zero-order valence-electron chi connectivity index (χ0n) is 13.1. The minimum Gasteiger partial charge on any atom is -0.353 e. The number of rotatable bonds is 6. The average Bonchev–Trinajstić information content (AvgIpc) is 3.16. The van der Waals surface area contributed by atoms with E-state index in [1.807, 2.05) is 0 Å². The lowest BCUT2D eigenvalue weighted by Crippen LogP contribution is -2.40. The van der Waals surface area contributed by atoms with Crippen molar-refractivity contribution in [2.24, 2.45) is 17.8 Å². The standard InChI is InChI=1S/C16H21N3O3S/c1-10(13-8-11-4-5-12(13)7-11)18-15(20)9-23-16-14(19(21)22)3-2-6-17-16/h2-3,6,10-13H,4-5,7-9H2,1H3,(H,18,20)/t10-,11-,12-,13-/m0/s1. The number of hydrogen-bond donors (Lipinski definition) is 1. The summed E-state index contributed by atoms with van der Waals surface area (Å²) in [5.41, 5.74) is -0.0496. The van der Waals surface area contributed by atoms with Crippen molar-refractivity contribution in [2.45, 2.75) is 43.7 Å². The van der Waals surface area contributed by atoms with E-state index < -0.39 is 4.92 Å². The molecule has 4 atom stereocenters. The van der Waals surface area contributed by atoms with Gasteiger partial charge in [0.25, 0.3) is 0 Å². The molecule has 2 aliphatic rings. The molecule has 6 nitrogen and oxygen atoms in total. The molecule has 1 aromatic rings. The quantitative estimate of drug-likeness (QED) is 0.491. The van der Waals surface area contributed by atoms with E-state index in [9.17, 15) is 14.9 Å². The van der Waals surface area contributed by atoms with Crippen LogP contribution in [0.15, 0.2) is 23.4 Å². The first-order chi connectivity index (χ1) is 11.0. The highest BCUT2D eigenvalue weighted by Crippen LogP contribution is 2.49. The topological polar surface area (TPSA) is 85.1 Å². The lowest BCUT2D eigenvalue weighted by molar-refractivity contribution is -0.388. The second-order valence-electron chi connectivity index (χ2n) is 6.57. The van der Waals surface area contributed by atoms with Gasteiger partial charge in [0, 0.05) is 18.3 Å². The summed E-state index contributed by atoms with van der Waals surface area (Å²) in [6.45, 7) is 2.08. The summed E-state index contributed by atoms with van der Waals surface area (Å²) in [4.78, 5) is 26.6. The van der Waals surface area contributed by atoms with Crippen molar-refractivity contribution < 1.29 is 9.72 Å². The minimum absolute atomic E-state index is 0.0496. The molecule has 1 amide bonds. The first-order valence-corrected chi connectivity index (χ1v) is 9.04. The van der Waals surface area contributed by atoms with Gasteiger partial charge < -0.3 is 5.32 Å². The van der Waals surface area contributed by atoms with Gasteiger partial charge in [-0.3, -0.25) is 14.9 Å². The third-order valence-corrected chi connectivity index (χ3v) is 6.11. The van der Waals surface area contributed by atoms with Crippen molar-refractivity contribution in [3.63, 3.8) is 0 Å². The Kier molecular flexibility index (Phi) is 4.84. The van der Waals surface area contributed by atoms with Crippen molar-refractivity contribution in [2.75, 3.05) is 5.75 Å². The van der Waals surface area contributed by atoms with E-state index in [0.717, 1.165) is 23.6 Å². The van der Waals surface area contributed by atoms with E-state index in [4.69, 9.17) is 0 Å². The molecule has 3 rings (SSSR count). The maximum atomic E-state index is 12.1. The first-order valence-electron chi connectivity index (χ1n) is 8.06. The van der Waals surface area contributed by atoms with Crippen LogP contribution in [0.1, 0.15) is 32.6 Å². The number of pyridine rings is 1. The highest BCUT2D eigenvalue weighted by atomic mass is 32.2. The Balaban J connectivity index is 1.51. The van der Waals surface area contributed by atoms with Crippen molar-refractivity contribution in [3.8, 4) is 0 Å². The molecule has 0 aliphatic heterocycles. The van der Waals surface area contributed by atoms with Crippen LogP contribution in [-0.4, -0.2) is 27.6 Å². The molecule has 2 fully saturated rings. The van der Waals surface area contributed by atoms with Gasteiger partial charge in [0.2, 0.25) is 5.91 Å². The zero-order valence-corrected chi connectivity index (χ0v) is 13.9. The SMILES string of the molecule is C[C@H](NC(=O)CSc1ncccc1[N+](=O)[O-])[C@@H]1C[C@H]2CC[C@H]1C2. The number of amides is 1. The van der Waals surface area contributed by atoms with Crippen molar-refractivity contribution in [3.05, 3.63) is 28.4 Å². The predicted octanol–water partition coefficient (Wildman–Crippen LogP) is 3.02. The molecule has 0 saturated heterocycles. The van der Waals surface area contributed by atoms with Crippen LogP contribution in [-0.2, 0) is 4.79 Å². The number of carbonyl (C=O) groups excluding carboxylic acids is 1. The molecule has 124 valence electrons. The Morgan fingerprint density at radius 3 is 3.00 bits per heavy atom. The smallest absolute Gasteiger partial charge is 0.301 e. The summed E-state index contributed by atoms with van der Waals surface area (Å²) in [6, 6.07) is 3.11. The monoisotopic (exact) mass is 335 g/mol. The van der Waals surface area contributed by atoms with Crippen LogP contribution in [0.4, 0.5) is 5.69 Å². The number of thioether (sulfide) groups is 1. The third-order valence-electron chi connectivity index (χ3n) is 5.11. The fourth-order valence-electron chi connectivity index (χ4n) is 4.08. The summed E-state index contributed by atoms with van der Waals surface area (Å²) in [7, 11) is 0. The molecule has 7 heteroatoms. The Labute approximate surface area is 139 Å². The molecule has 0 radical (unpaired) electrons. The number of nitro groups is 1. The summed E-state index contributed by atoms with van der Waals surface area (Å²) < 4.78 is 0. The summed E-state index contributed by atoms with van der Waals surface area (Å²) >= 11 is 1.12. The maximum Gasteiger partial charge on any atom is 0.301 e. The number of hydrogen-bond acceptors (Lipinski definition) is 5. The van der Waals surface area contributed by atoms with Crippen LogP contribution in [0.25, 0.3) is 0 Å². The molecule has 2 aliphatic carbocycles. The molecule has 1 N–H and O–H groups in total. The summed E-state index contributed by atoms with van der Waals surface area (Å²) in [6.07, 6.45) is 6.70. The molecule has 0 spiro atoms. The van der Waals surface area contributed by atoms with E-state index in [0.29, 0.717) is 10.9 Å². The van der Waals surface area contributed by atoms with E-state index in [2.05, 4.69) is 17.2 Å². The number of aromatic nitrogens is 1. The lowest BCUT2D eigenvalue weighted by Gasteiger charge is -2.28. The Hall–Kier alpha value is -1.63. The second-order valence-corrected chi connectivity index (χ2v) is 7.53. The largest absolute Gasteiger partial charge is 0.353 e. The Morgan fingerprint density at radius 1 is 1.52 bits per heavy atom. The number of nitrogens with one attached hydrogen (secondary N) is 1. The van der Waals surface area contributed by atoms with E-state index in [1.54, 1.807) is 0 Å². The summed E-state index contributed by atoms with van der Waals surface area (Å²) in [5.74, 6) is 2.29. The lowest BCUT2D eigenvalue weighted by atomic mass is 9.84. The van der Waals surface area contributed by atoms with Crippen molar-refractivity contribution in [1.29, 1.82) is 0 Å². The average molecular weight is 335 g/mol. The van der Waals surface area contributed by atoms with Crippen LogP contribution < -0.4 is 5.32 Å². The molecule has 2 saturated carbocycles. The van der Waals surface area contributed by atoms with Gasteiger partial charge in [0.05, 0.1) is 10.7 Å². The van der Waals surface area contributed by atoms with Gasteiger partial charge in [-0.05, 0) is 50.0 Å². The Morgan fingerprint density at radius 2 is 2.35 bits per heavy atom. The van der Waals surface area contributed by atoms with Gasteiger partial charge in [0.15, 0.2) is 5.03 Å². The predicted molar refractivity (Wildman–Crippen MR) is 88.2 cm³/mol. The second kappa shape index (κ2) is 6.86. The van der Waals surface area contributed by atoms with Crippen molar-refractivity contribution >= 4 is 23.4 Å². The molecule has 1 heterocycles. The highest BCUT2D eigenvalue weighted by molar-refractivity contribution is 8.00. The normalized spacial score (nSPS) is 26.9. The fourth-order valence-corrected chi connectivity index (χ4v) is 4.85. The zero-order chi connectivity index (χ0) is 16.4. The van der Waals surface area contributed by atoms with Gasteiger partial charge in [-0.15, -0.1) is 0 Å². The first kappa shape index (κ1) is 16.2. The van der Waals surface area contributed by atoms with E-state index >= 15 is 0 Å². The van der Waals surface area contributed by atoms with E-state index in [-0.39, 0.29) is 23.4 Å². The van der Waals surface area contributed by atoms with Crippen LogP contribution in [0.3, 0.4) is 0 Å². The molecule has 0 aromatic carbocycles. The fraction of sp³-hybridized carbons (Fsp3) is 0.625. The molecule has 1 aromatic heterocycles. The third kappa shape index (κ3) is 3.65. The van der Waals surface area contributed by atoms with Crippen LogP contribution in [0.2, 0.25) is 0 Å². The number of fused-ring (bicyclic) bond motifs is 2. The van der Waals surface area contributed by atoms with Gasteiger partial charge in [-0.1, -0.05) is 18.2 Å². The molecule has 0 unspecified atom stereocenters. The Bertz CT molecular complexity index is 610. The molecule has 2 bridgehead atoms. The van der Waals surface area contributed by atoms with Gasteiger partial charge in [0.1, 0.15) is 0 Å². The van der Waals surface area contributed by atoms with Gasteiger partial charge in [-0.25, -0.2) is 4.98 Å². The highest BCUT2D eigenvalue weighted by Gasteiger charge is 2.42. The minimum atomic E-state index is -0.467. The molecular weight excluding hydrogens is 314 g/mol. The number of carbonyl (C=O) groups is 1. The molecular formula is C16H21N3O3S. The van der Waals surface area contributed by atoms with Gasteiger partial charge >= 0.3 is 5.69 Å². The summed E-state index contributed by atoms with van der Waals surface area (Å²) in [5, 5.41) is 14.3. The van der Waals surface area contributed by atoms with Crippen LogP contribution in [0.5, 0.6) is 0 Å². The number of nitrogens with zero attached hydrogens (tertiary/aromatic N) is 2. The van der Waals surface area contributed by atoms with E-state index in [1.165, 1.54) is 44.0 Å². The van der Waals surface area contributed by atoms with Crippen molar-refractivity contribution in [1.82, 2.24) is 10.3 Å².